The highest BCUT2D eigenvalue weighted by atomic mass is 32.2. The fourth-order valence-corrected chi connectivity index (χ4v) is 3.88. The fourth-order valence-electron chi connectivity index (χ4n) is 2.75. The van der Waals surface area contributed by atoms with Gasteiger partial charge in [-0.2, -0.15) is 11.8 Å². The van der Waals surface area contributed by atoms with Crippen molar-refractivity contribution >= 4 is 35.1 Å². The number of carbonyl (C=O) groups is 1. The lowest BCUT2D eigenvalue weighted by molar-refractivity contribution is 0.103. The van der Waals surface area contributed by atoms with Gasteiger partial charge in [-0.1, -0.05) is 60.7 Å². The summed E-state index contributed by atoms with van der Waals surface area (Å²) in [6.07, 6.45) is 0. The molecule has 0 spiro atoms. The molecule has 0 radical (unpaired) electrons. The molecule has 1 saturated heterocycles. The Balaban J connectivity index is 1.83. The lowest BCUT2D eigenvalue weighted by Gasteiger charge is -2.26. The summed E-state index contributed by atoms with van der Waals surface area (Å²) >= 11 is 6.92. The van der Waals surface area contributed by atoms with Crippen molar-refractivity contribution in [2.75, 3.05) is 24.6 Å². The van der Waals surface area contributed by atoms with Gasteiger partial charge in [-0.15, -0.1) is 0 Å². The molecule has 4 heteroatoms. The Morgan fingerprint density at radius 2 is 1.78 bits per heavy atom. The number of thiocarbonyl (C=S) groups is 1. The molecule has 0 saturated carbocycles. The maximum absolute atomic E-state index is 12.8. The lowest BCUT2D eigenvalue weighted by atomic mass is 9.97. The second kappa shape index (κ2) is 7.86. The van der Waals surface area contributed by atoms with E-state index in [2.05, 4.69) is 11.0 Å². The van der Waals surface area contributed by atoms with Gasteiger partial charge in [0.15, 0.2) is 5.78 Å². The Morgan fingerprint density at radius 1 is 1.09 bits per heavy atom. The smallest absolute Gasteiger partial charge is 0.193 e. The van der Waals surface area contributed by atoms with Gasteiger partial charge >= 0.3 is 0 Å². The van der Waals surface area contributed by atoms with Crippen LogP contribution < -0.4 is 0 Å². The van der Waals surface area contributed by atoms with Gasteiger partial charge in [-0.05, 0) is 11.1 Å². The quantitative estimate of drug-likeness (QED) is 0.608. The molecule has 0 bridgehead atoms. The Hall–Kier alpha value is -1.49. The molecule has 0 unspecified atom stereocenters. The molecule has 2 aromatic rings. The summed E-state index contributed by atoms with van der Waals surface area (Å²) in [6.45, 7) is 3.04. The van der Waals surface area contributed by atoms with Crippen LogP contribution in [0.3, 0.4) is 0 Å². The first kappa shape index (κ1) is 16.4. The third kappa shape index (κ3) is 4.08. The summed E-state index contributed by atoms with van der Waals surface area (Å²) in [5.41, 5.74) is 3.59. The summed E-state index contributed by atoms with van der Waals surface area (Å²) in [4.78, 5) is 15.3. The van der Waals surface area contributed by atoms with Crippen molar-refractivity contribution in [3.8, 4) is 0 Å². The lowest BCUT2D eigenvalue weighted by Crippen LogP contribution is -2.32. The molecule has 118 valence electrons. The van der Waals surface area contributed by atoms with Crippen LogP contribution in [0.25, 0.3) is 0 Å². The molecule has 0 aromatic heterocycles. The van der Waals surface area contributed by atoms with Crippen molar-refractivity contribution in [2.24, 2.45) is 0 Å². The first-order chi connectivity index (χ1) is 11.3. The van der Waals surface area contributed by atoms with E-state index in [1.165, 1.54) is 11.5 Å². The van der Waals surface area contributed by atoms with Gasteiger partial charge in [0.25, 0.3) is 0 Å². The van der Waals surface area contributed by atoms with Gasteiger partial charge in [-0.25, -0.2) is 0 Å². The molecule has 0 aliphatic carbocycles. The van der Waals surface area contributed by atoms with Crippen LogP contribution in [0, 0.1) is 0 Å². The SMILES string of the molecule is O=C(c1ccc(C=S)cc1)c1ccccc1CN1CCSCC1. The maximum Gasteiger partial charge on any atom is 0.193 e. The Morgan fingerprint density at radius 3 is 2.48 bits per heavy atom. The zero-order chi connectivity index (χ0) is 16.1. The number of benzene rings is 2. The number of nitrogens with zero attached hydrogens (tertiary/aromatic N) is 1. The van der Waals surface area contributed by atoms with Gasteiger partial charge in [0.05, 0.1) is 0 Å². The zero-order valence-corrected chi connectivity index (χ0v) is 14.5. The summed E-state index contributed by atoms with van der Waals surface area (Å²) in [5, 5.41) is 1.62. The second-order valence-corrected chi connectivity index (χ2v) is 7.08. The standard InChI is InChI=1S/C19H19NOS2/c21-19(16-7-5-15(14-22)6-8-16)18-4-2-1-3-17(18)13-20-9-11-23-12-10-20/h1-8,14H,9-13H2. The number of rotatable bonds is 5. The molecule has 2 aromatic carbocycles. The average molecular weight is 342 g/mol. The first-order valence-electron chi connectivity index (χ1n) is 7.76. The van der Waals surface area contributed by atoms with Crippen LogP contribution in [0.5, 0.6) is 0 Å². The number of carbonyl (C=O) groups excluding carboxylic acids is 1. The van der Waals surface area contributed by atoms with Crippen molar-refractivity contribution in [1.29, 1.82) is 0 Å². The van der Waals surface area contributed by atoms with Gasteiger partial charge in [0, 0.05) is 47.6 Å². The molecule has 0 atom stereocenters. The van der Waals surface area contributed by atoms with E-state index in [4.69, 9.17) is 12.2 Å². The molecule has 0 amide bonds. The van der Waals surface area contributed by atoms with E-state index in [1.807, 2.05) is 54.2 Å². The van der Waals surface area contributed by atoms with E-state index in [9.17, 15) is 4.79 Å². The third-order valence-electron chi connectivity index (χ3n) is 4.07. The van der Waals surface area contributed by atoms with Crippen LogP contribution in [-0.4, -0.2) is 40.6 Å². The van der Waals surface area contributed by atoms with Gasteiger partial charge < -0.3 is 0 Å². The zero-order valence-electron chi connectivity index (χ0n) is 12.9. The largest absolute Gasteiger partial charge is 0.297 e. The maximum atomic E-state index is 12.8. The highest BCUT2D eigenvalue weighted by Crippen LogP contribution is 2.19. The van der Waals surface area contributed by atoms with E-state index in [0.717, 1.165) is 36.3 Å². The highest BCUT2D eigenvalue weighted by molar-refractivity contribution is 7.99. The predicted octanol–water partition coefficient (Wildman–Crippen LogP) is 3.81. The predicted molar refractivity (Wildman–Crippen MR) is 102 cm³/mol. The van der Waals surface area contributed by atoms with Gasteiger partial charge in [-0.3, -0.25) is 9.69 Å². The number of hydrogen-bond donors (Lipinski definition) is 0. The molecular weight excluding hydrogens is 322 g/mol. The molecule has 1 fully saturated rings. The summed E-state index contributed by atoms with van der Waals surface area (Å²) < 4.78 is 0. The number of hydrogen-bond acceptors (Lipinski definition) is 4. The van der Waals surface area contributed by atoms with Crippen molar-refractivity contribution in [3.63, 3.8) is 0 Å². The van der Waals surface area contributed by atoms with Crippen molar-refractivity contribution in [1.82, 2.24) is 4.90 Å². The number of thioether (sulfide) groups is 1. The molecule has 1 aliphatic rings. The van der Waals surface area contributed by atoms with E-state index < -0.39 is 0 Å². The molecular formula is C19H19NOS2. The minimum atomic E-state index is 0.0860. The minimum absolute atomic E-state index is 0.0860. The van der Waals surface area contributed by atoms with E-state index in [0.29, 0.717) is 5.56 Å². The monoisotopic (exact) mass is 341 g/mol. The van der Waals surface area contributed by atoms with E-state index >= 15 is 0 Å². The second-order valence-electron chi connectivity index (χ2n) is 5.61. The average Bonchev–Trinajstić information content (AvgIpc) is 2.62. The van der Waals surface area contributed by atoms with Gasteiger partial charge in [0.1, 0.15) is 0 Å². The fraction of sp³-hybridized carbons (Fsp3) is 0.263. The summed E-state index contributed by atoms with van der Waals surface area (Å²) in [6, 6.07) is 15.5. The molecule has 0 N–H and O–H groups in total. The molecule has 2 nitrogen and oxygen atoms in total. The van der Waals surface area contributed by atoms with E-state index in [-0.39, 0.29) is 5.78 Å². The van der Waals surface area contributed by atoms with Crippen LogP contribution >= 0.6 is 24.0 Å². The topological polar surface area (TPSA) is 20.3 Å². The number of ketones is 1. The van der Waals surface area contributed by atoms with Crippen LogP contribution in [-0.2, 0) is 6.54 Å². The Labute approximate surface area is 146 Å². The van der Waals surface area contributed by atoms with Gasteiger partial charge in [0.2, 0.25) is 0 Å². The third-order valence-corrected chi connectivity index (χ3v) is 5.28. The van der Waals surface area contributed by atoms with Crippen LogP contribution in [0.2, 0.25) is 0 Å². The van der Waals surface area contributed by atoms with Crippen LogP contribution in [0.4, 0.5) is 0 Å². The molecule has 1 heterocycles. The first-order valence-corrected chi connectivity index (χ1v) is 9.38. The Bertz CT molecular complexity index is 691. The molecule has 23 heavy (non-hydrogen) atoms. The normalized spacial score (nSPS) is 15.3. The van der Waals surface area contributed by atoms with Crippen LogP contribution in [0.1, 0.15) is 27.0 Å². The summed E-state index contributed by atoms with van der Waals surface area (Å²) in [5.74, 6) is 2.44. The highest BCUT2D eigenvalue weighted by Gasteiger charge is 2.17. The van der Waals surface area contributed by atoms with E-state index in [1.54, 1.807) is 5.37 Å². The van der Waals surface area contributed by atoms with Crippen molar-refractivity contribution < 1.29 is 4.79 Å². The molecule has 1 aliphatic heterocycles. The summed E-state index contributed by atoms with van der Waals surface area (Å²) in [7, 11) is 0. The van der Waals surface area contributed by atoms with Crippen LogP contribution in [0.15, 0.2) is 48.5 Å². The minimum Gasteiger partial charge on any atom is -0.297 e. The van der Waals surface area contributed by atoms with Crippen molar-refractivity contribution in [3.05, 3.63) is 70.8 Å². The Kier molecular flexibility index (Phi) is 5.60. The van der Waals surface area contributed by atoms with Crippen molar-refractivity contribution in [2.45, 2.75) is 6.54 Å². The molecule has 3 rings (SSSR count).